The van der Waals surface area contributed by atoms with Crippen molar-refractivity contribution < 1.29 is 4.79 Å². The highest BCUT2D eigenvalue weighted by molar-refractivity contribution is 6.07. The third kappa shape index (κ3) is 2.21. The predicted octanol–water partition coefficient (Wildman–Crippen LogP) is 1.47. The maximum Gasteiger partial charge on any atom is 0.264 e. The Hall–Kier alpha value is -3.22. The monoisotopic (exact) mass is 321 g/mol. The van der Waals surface area contributed by atoms with Gasteiger partial charge in [0.15, 0.2) is 5.82 Å². The van der Waals surface area contributed by atoms with E-state index in [0.717, 1.165) is 12.1 Å². The Morgan fingerprint density at radius 2 is 2.04 bits per heavy atom. The molecule has 0 saturated carbocycles. The van der Waals surface area contributed by atoms with Gasteiger partial charge < -0.3 is 4.90 Å². The average molecular weight is 321 g/mol. The van der Waals surface area contributed by atoms with E-state index in [1.54, 1.807) is 21.8 Å². The fraction of sp³-hybridized carbons (Fsp3) is 0.176. The van der Waals surface area contributed by atoms with E-state index in [0.29, 0.717) is 23.6 Å². The highest BCUT2D eigenvalue weighted by atomic mass is 16.2. The number of carbonyl (C=O) groups excluding carboxylic acids is 1. The molecule has 24 heavy (non-hydrogen) atoms. The summed E-state index contributed by atoms with van der Waals surface area (Å²) in [6, 6.07) is 10.9. The first-order chi connectivity index (χ1) is 11.6. The molecule has 3 aromatic rings. The van der Waals surface area contributed by atoms with Crippen LogP contribution in [0.4, 0.5) is 5.69 Å². The second-order valence-electron chi connectivity index (χ2n) is 5.67. The SMILES string of the molecule is Cc1c(C(=O)N2CCc3ccccc32)cnn1-c1ccc(=O)[nH]n1. The predicted molar refractivity (Wildman–Crippen MR) is 88.5 cm³/mol. The summed E-state index contributed by atoms with van der Waals surface area (Å²) in [5.41, 5.74) is 3.06. The molecule has 0 radical (unpaired) electrons. The molecule has 7 nitrogen and oxygen atoms in total. The lowest BCUT2D eigenvalue weighted by atomic mass is 10.2. The number of amides is 1. The summed E-state index contributed by atoms with van der Waals surface area (Å²) in [6.07, 6.45) is 2.40. The van der Waals surface area contributed by atoms with Crippen molar-refractivity contribution in [2.75, 3.05) is 11.4 Å². The summed E-state index contributed by atoms with van der Waals surface area (Å²) in [5.74, 6) is 0.390. The maximum atomic E-state index is 12.9. The van der Waals surface area contributed by atoms with Crippen LogP contribution in [0, 0.1) is 6.92 Å². The van der Waals surface area contributed by atoms with Crippen LogP contribution in [-0.4, -0.2) is 32.4 Å². The first kappa shape index (κ1) is 14.4. The van der Waals surface area contributed by atoms with Crippen LogP contribution in [0.5, 0.6) is 0 Å². The van der Waals surface area contributed by atoms with Crippen molar-refractivity contribution in [1.82, 2.24) is 20.0 Å². The third-order valence-electron chi connectivity index (χ3n) is 4.25. The number of nitrogens with one attached hydrogen (secondary N) is 1. The van der Waals surface area contributed by atoms with Gasteiger partial charge in [0.1, 0.15) is 0 Å². The minimum Gasteiger partial charge on any atom is -0.308 e. The summed E-state index contributed by atoms with van der Waals surface area (Å²) in [6.45, 7) is 2.48. The zero-order valence-electron chi connectivity index (χ0n) is 13.1. The summed E-state index contributed by atoms with van der Waals surface area (Å²) in [5, 5.41) is 10.6. The van der Waals surface area contributed by atoms with Crippen molar-refractivity contribution in [3.8, 4) is 5.82 Å². The van der Waals surface area contributed by atoms with E-state index in [4.69, 9.17) is 0 Å². The Kier molecular flexibility index (Phi) is 3.26. The number of anilines is 1. The largest absolute Gasteiger partial charge is 0.308 e. The Labute approximate surface area is 137 Å². The molecule has 0 saturated heterocycles. The van der Waals surface area contributed by atoms with E-state index >= 15 is 0 Å². The van der Waals surface area contributed by atoms with Crippen LogP contribution < -0.4 is 10.5 Å². The summed E-state index contributed by atoms with van der Waals surface area (Å²) in [7, 11) is 0. The topological polar surface area (TPSA) is 83.9 Å². The molecule has 0 atom stereocenters. The zero-order valence-corrected chi connectivity index (χ0v) is 13.1. The molecule has 1 aliphatic rings. The average Bonchev–Trinajstić information content (AvgIpc) is 3.19. The standard InChI is InChI=1S/C17H15N5O2/c1-11-13(10-18-22(11)15-6-7-16(23)20-19-15)17(24)21-9-8-12-4-2-3-5-14(12)21/h2-7,10H,8-9H2,1H3,(H,20,23). The fourth-order valence-electron chi connectivity index (χ4n) is 3.00. The van der Waals surface area contributed by atoms with Gasteiger partial charge in [-0.15, -0.1) is 0 Å². The number of para-hydroxylation sites is 1. The number of rotatable bonds is 2. The van der Waals surface area contributed by atoms with Gasteiger partial charge in [-0.2, -0.15) is 10.2 Å². The van der Waals surface area contributed by atoms with Crippen LogP contribution in [0.1, 0.15) is 21.6 Å². The maximum absolute atomic E-state index is 12.9. The quantitative estimate of drug-likeness (QED) is 0.774. The molecule has 0 fully saturated rings. The number of nitrogens with zero attached hydrogens (tertiary/aromatic N) is 4. The number of fused-ring (bicyclic) bond motifs is 1. The van der Waals surface area contributed by atoms with Crippen molar-refractivity contribution in [3.63, 3.8) is 0 Å². The minimum absolute atomic E-state index is 0.0758. The molecule has 0 aliphatic carbocycles. The molecule has 3 heterocycles. The van der Waals surface area contributed by atoms with Crippen molar-refractivity contribution in [3.05, 3.63) is 69.8 Å². The van der Waals surface area contributed by atoms with Crippen LogP contribution in [-0.2, 0) is 6.42 Å². The van der Waals surface area contributed by atoms with Gasteiger partial charge in [0.25, 0.3) is 11.5 Å². The third-order valence-corrected chi connectivity index (χ3v) is 4.25. The molecule has 0 unspecified atom stereocenters. The van der Waals surface area contributed by atoms with Crippen LogP contribution >= 0.6 is 0 Å². The number of hydrogen-bond acceptors (Lipinski definition) is 4. The molecule has 1 aliphatic heterocycles. The molecule has 2 aromatic heterocycles. The van der Waals surface area contributed by atoms with Gasteiger partial charge in [-0.3, -0.25) is 9.59 Å². The molecule has 4 rings (SSSR count). The lowest BCUT2D eigenvalue weighted by Crippen LogP contribution is -2.29. The summed E-state index contributed by atoms with van der Waals surface area (Å²) >= 11 is 0. The fourth-order valence-corrected chi connectivity index (χ4v) is 3.00. The Morgan fingerprint density at radius 1 is 1.21 bits per heavy atom. The van der Waals surface area contributed by atoms with E-state index in [1.807, 2.05) is 31.2 Å². The minimum atomic E-state index is -0.284. The van der Waals surface area contributed by atoms with Crippen molar-refractivity contribution in [2.45, 2.75) is 13.3 Å². The number of hydrogen-bond donors (Lipinski definition) is 1. The van der Waals surface area contributed by atoms with Gasteiger partial charge in [-0.05, 0) is 31.0 Å². The summed E-state index contributed by atoms with van der Waals surface area (Å²) in [4.78, 5) is 25.8. The Morgan fingerprint density at radius 3 is 2.83 bits per heavy atom. The summed E-state index contributed by atoms with van der Waals surface area (Å²) < 4.78 is 1.55. The second-order valence-corrected chi connectivity index (χ2v) is 5.67. The van der Waals surface area contributed by atoms with Crippen LogP contribution in [0.3, 0.4) is 0 Å². The smallest absolute Gasteiger partial charge is 0.264 e. The molecular weight excluding hydrogens is 306 g/mol. The van der Waals surface area contributed by atoms with E-state index in [2.05, 4.69) is 15.3 Å². The number of benzene rings is 1. The molecular formula is C17H15N5O2. The van der Waals surface area contributed by atoms with Crippen LogP contribution in [0.25, 0.3) is 5.82 Å². The number of aromatic nitrogens is 4. The zero-order chi connectivity index (χ0) is 16.7. The van der Waals surface area contributed by atoms with Crippen molar-refractivity contribution >= 4 is 11.6 Å². The van der Waals surface area contributed by atoms with Crippen molar-refractivity contribution in [1.29, 1.82) is 0 Å². The molecule has 1 N–H and O–H groups in total. The van der Waals surface area contributed by atoms with Gasteiger partial charge in [0.05, 0.1) is 17.5 Å². The Balaban J connectivity index is 1.70. The van der Waals surface area contributed by atoms with Gasteiger partial charge in [-0.1, -0.05) is 18.2 Å². The number of aromatic amines is 1. The lowest BCUT2D eigenvalue weighted by molar-refractivity contribution is 0.0989. The molecule has 0 bridgehead atoms. The molecule has 0 spiro atoms. The van der Waals surface area contributed by atoms with Gasteiger partial charge in [-0.25, -0.2) is 9.78 Å². The normalized spacial score (nSPS) is 13.1. The van der Waals surface area contributed by atoms with E-state index in [1.165, 1.54) is 11.6 Å². The first-order valence-electron chi connectivity index (χ1n) is 7.65. The van der Waals surface area contributed by atoms with Crippen LogP contribution in [0.15, 0.2) is 47.4 Å². The van der Waals surface area contributed by atoms with Gasteiger partial charge in [0, 0.05) is 18.3 Å². The van der Waals surface area contributed by atoms with Gasteiger partial charge in [0.2, 0.25) is 0 Å². The molecule has 1 amide bonds. The van der Waals surface area contributed by atoms with Crippen molar-refractivity contribution in [2.24, 2.45) is 0 Å². The van der Waals surface area contributed by atoms with E-state index < -0.39 is 0 Å². The first-order valence-corrected chi connectivity index (χ1v) is 7.65. The highest BCUT2D eigenvalue weighted by Crippen LogP contribution is 2.29. The Bertz CT molecular complexity index is 968. The molecule has 1 aromatic carbocycles. The van der Waals surface area contributed by atoms with E-state index in [-0.39, 0.29) is 11.5 Å². The highest BCUT2D eigenvalue weighted by Gasteiger charge is 2.27. The van der Waals surface area contributed by atoms with Gasteiger partial charge >= 0.3 is 0 Å². The molecule has 7 heteroatoms. The second kappa shape index (κ2) is 5.45. The number of H-pyrrole nitrogens is 1. The lowest BCUT2D eigenvalue weighted by Gasteiger charge is -2.17. The van der Waals surface area contributed by atoms with E-state index in [9.17, 15) is 9.59 Å². The number of carbonyl (C=O) groups is 1. The van der Waals surface area contributed by atoms with Crippen LogP contribution in [0.2, 0.25) is 0 Å². The molecule has 120 valence electrons.